The third-order valence-corrected chi connectivity index (χ3v) is 23.0. The lowest BCUT2D eigenvalue weighted by molar-refractivity contribution is -0.160. The molecule has 6 aliphatic rings. The number of benzene rings is 4. The highest BCUT2D eigenvalue weighted by atomic mass is 35.5. The first-order valence-corrected chi connectivity index (χ1v) is 39.2. The number of aryl methyl sites for hydroxylation is 3. The van der Waals surface area contributed by atoms with Crippen molar-refractivity contribution < 1.29 is 109 Å². The molecular weight excluding hydrogens is 1750 g/mol. The third kappa shape index (κ3) is 21.6. The fourth-order valence-electron chi connectivity index (χ4n) is 14.7. The number of carbonyl (C=O) groups excluding carboxylic acids is 3. The molecule has 13 rings (SSSR count). The number of piperidine rings is 3. The molecule has 3 saturated heterocycles. The van der Waals surface area contributed by atoms with Gasteiger partial charge in [-0.05, 0) is 156 Å². The predicted octanol–water partition coefficient (Wildman–Crippen LogP) is 17.1. The topological polar surface area (TPSA) is 274 Å². The molecule has 42 heteroatoms. The molecule has 120 heavy (non-hydrogen) atoms. The zero-order chi connectivity index (χ0) is 88.7. The van der Waals surface area contributed by atoms with Crippen LogP contribution in [0.25, 0.3) is 0 Å². The van der Waals surface area contributed by atoms with Crippen molar-refractivity contribution in [3.63, 3.8) is 0 Å². The van der Waals surface area contributed by atoms with Crippen LogP contribution in [0.15, 0.2) is 50.8 Å². The molecule has 0 saturated carbocycles. The summed E-state index contributed by atoms with van der Waals surface area (Å²) in [5.74, 6) is -19.0. The van der Waals surface area contributed by atoms with Crippen molar-refractivity contribution in [1.82, 2.24) is 40.3 Å². The van der Waals surface area contributed by atoms with Crippen molar-refractivity contribution in [1.29, 1.82) is 0 Å². The third-order valence-electron chi connectivity index (χ3n) is 21.1. The molecule has 0 bridgehead atoms. The number of carbonyl (C=O) groups is 3. The van der Waals surface area contributed by atoms with E-state index < -0.39 is 125 Å². The summed E-state index contributed by atoms with van der Waals surface area (Å²) >= 11 is 37.2. The molecule has 2 amide bonds. The Morgan fingerprint density at radius 1 is 0.425 bits per heavy atom. The molecule has 3 atom stereocenters. The highest BCUT2D eigenvalue weighted by Crippen LogP contribution is 2.55. The Labute approximate surface area is 705 Å². The molecule has 22 nitrogen and oxygen atoms in total. The summed E-state index contributed by atoms with van der Waals surface area (Å²) in [6.45, 7) is 13.3. The normalized spacial score (nSPS) is 19.6. The van der Waals surface area contributed by atoms with Gasteiger partial charge in [0, 0.05) is 95.5 Å². The Bertz CT molecular complexity index is 5070. The van der Waals surface area contributed by atoms with Gasteiger partial charge in [0.2, 0.25) is 34.8 Å². The number of nitrogens with zero attached hydrogens (tertiary/aromatic N) is 3. The molecule has 0 spiro atoms. The van der Waals surface area contributed by atoms with Crippen LogP contribution in [0.3, 0.4) is 0 Å². The van der Waals surface area contributed by atoms with Crippen molar-refractivity contribution in [3.05, 3.63) is 194 Å². The number of halogens is 20. The van der Waals surface area contributed by atoms with E-state index in [1.54, 1.807) is 73.6 Å². The van der Waals surface area contributed by atoms with Crippen LogP contribution in [-0.2, 0) is 19.6 Å². The summed E-state index contributed by atoms with van der Waals surface area (Å²) < 4.78 is 224. The Balaban J connectivity index is 0.000000177. The number of nitrogens with two attached hydrogens (primary N) is 1. The number of ether oxygens (including phenoxy) is 7. The Morgan fingerprint density at radius 2 is 0.683 bits per heavy atom. The first kappa shape index (κ1) is 93.8. The number of amides is 2. The van der Waals surface area contributed by atoms with Crippen LogP contribution in [-0.4, -0.2) is 142 Å². The van der Waals surface area contributed by atoms with E-state index >= 15 is 0 Å². The second-order valence-electron chi connectivity index (χ2n) is 29.9. The summed E-state index contributed by atoms with van der Waals surface area (Å²) in [4.78, 5) is 86.0. The summed E-state index contributed by atoms with van der Waals surface area (Å²) in [5.41, 5.74) is 8.27. The quantitative estimate of drug-likeness (QED) is 0.0183. The summed E-state index contributed by atoms with van der Waals surface area (Å²) in [6.07, 6.45) is -10.4. The fourth-order valence-corrected chi connectivity index (χ4v) is 16.4. The summed E-state index contributed by atoms with van der Waals surface area (Å²) in [7, 11) is 0. The van der Waals surface area contributed by atoms with Gasteiger partial charge in [-0.3, -0.25) is 38.7 Å². The number of alkyl halides is 9. The van der Waals surface area contributed by atoms with Gasteiger partial charge in [-0.2, -0.15) is 48.3 Å². The van der Waals surface area contributed by atoms with Gasteiger partial charge in [-0.25, -0.2) is 18.0 Å². The van der Waals surface area contributed by atoms with E-state index in [4.69, 9.17) is 104 Å². The highest BCUT2D eigenvalue weighted by molar-refractivity contribution is 6.34. The van der Waals surface area contributed by atoms with Crippen LogP contribution in [0.4, 0.5) is 61.5 Å². The van der Waals surface area contributed by atoms with Gasteiger partial charge in [0.1, 0.15) is 0 Å². The number of hydrogen-bond acceptors (Lipinski definition) is 17. The fraction of sp³-hybridized carbons (Fsp3) is 0.462. The summed E-state index contributed by atoms with van der Waals surface area (Å²) in [5, 5.41) is 6.47. The number of aromatic nitrogens is 3. The smallest absolute Gasteiger partial charge is 0.401 e. The Kier molecular flexibility index (Phi) is 28.9. The Morgan fingerprint density at radius 3 is 0.958 bits per heavy atom. The average Bonchev–Trinajstić information content (AvgIpc) is 1.60. The van der Waals surface area contributed by atoms with E-state index in [0.29, 0.717) is 94.6 Å². The highest BCUT2D eigenvalue weighted by Gasteiger charge is 2.52. The maximum Gasteiger partial charge on any atom is 0.401 e. The van der Waals surface area contributed by atoms with Gasteiger partial charge in [0.05, 0.1) is 79.5 Å². The Hall–Kier alpha value is -8.46. The van der Waals surface area contributed by atoms with Crippen LogP contribution < -0.4 is 66.2 Å². The molecule has 3 aromatic heterocycles. The van der Waals surface area contributed by atoms with Crippen LogP contribution in [0.1, 0.15) is 141 Å². The van der Waals surface area contributed by atoms with Crippen molar-refractivity contribution in [2.24, 2.45) is 23.5 Å². The summed E-state index contributed by atoms with van der Waals surface area (Å²) in [6, 6.07) is 8.83. The minimum absolute atomic E-state index is 0.0205. The molecule has 654 valence electrons. The SMILES string of the molecule is Cc1c(C(=O)Oc2c(F)c(F)c(F)c(F)c2F)cc(Cl)c2c1OC(C)(C1CCN(CC(F)(F)F)CC1)O2.Cc1cc(Cl)c(CN)c(=O)[nH]1.Cc1cc(Cl)c(CNC(=O)c2cc(Cl)c3c(c2C)OC(C)(C2CCN(CC(F)(F)F)CC2)O3)c(=O)[nH]1.Cc1cc(Cl)c(CNC(=O)c2cc(Cl)c3c(c2C)OC(C)(C2CCN(CC(F)(F)F)CC2)O3)c(=O)[nH]1. The number of esters is 1. The van der Waals surface area contributed by atoms with Crippen LogP contribution in [0.2, 0.25) is 30.1 Å². The molecule has 7 N–H and O–H groups in total. The number of aromatic amines is 3. The van der Waals surface area contributed by atoms with Gasteiger partial charge in [0.25, 0.3) is 45.9 Å². The first-order chi connectivity index (χ1) is 55.8. The van der Waals surface area contributed by atoms with Gasteiger partial charge >= 0.3 is 24.5 Å². The number of likely N-dealkylation sites (tertiary alicyclic amines) is 3. The molecular formula is C78H79Cl6F14N9O13. The number of hydrogen-bond donors (Lipinski definition) is 6. The lowest BCUT2D eigenvalue weighted by Crippen LogP contribution is -2.50. The van der Waals surface area contributed by atoms with E-state index in [1.165, 1.54) is 33.8 Å². The maximum atomic E-state index is 14.0. The van der Waals surface area contributed by atoms with E-state index in [0.717, 1.165) is 11.8 Å². The molecule has 0 aliphatic carbocycles. The second kappa shape index (κ2) is 36.9. The molecule has 9 heterocycles. The zero-order valence-corrected chi connectivity index (χ0v) is 69.7. The van der Waals surface area contributed by atoms with Gasteiger partial charge < -0.3 is 64.5 Å². The lowest BCUT2D eigenvalue weighted by Gasteiger charge is -2.38. The van der Waals surface area contributed by atoms with E-state index in [9.17, 15) is 90.2 Å². The van der Waals surface area contributed by atoms with Gasteiger partial charge in [0.15, 0.2) is 34.5 Å². The number of pyridine rings is 3. The molecule has 3 fully saturated rings. The number of rotatable bonds is 15. The van der Waals surface area contributed by atoms with Gasteiger partial charge in [-0.1, -0.05) is 69.6 Å². The van der Waals surface area contributed by atoms with E-state index in [2.05, 4.69) is 30.3 Å². The maximum absolute atomic E-state index is 14.0. The minimum Gasteiger partial charge on any atom is -0.448 e. The predicted molar refractivity (Wildman–Crippen MR) is 415 cm³/mol. The van der Waals surface area contributed by atoms with Gasteiger partial charge in [-0.15, -0.1) is 0 Å². The van der Waals surface area contributed by atoms with Crippen molar-refractivity contribution in [2.75, 3.05) is 58.9 Å². The van der Waals surface area contributed by atoms with Crippen LogP contribution in [0.5, 0.6) is 40.2 Å². The molecule has 6 aliphatic heterocycles. The van der Waals surface area contributed by atoms with Crippen molar-refractivity contribution >= 4 is 87.4 Å². The molecule has 0 radical (unpaired) electrons. The number of nitrogens with one attached hydrogen (secondary N) is 5. The van der Waals surface area contributed by atoms with Crippen LogP contribution in [0, 0.1) is 88.4 Å². The molecule has 7 aromatic rings. The van der Waals surface area contributed by atoms with Crippen molar-refractivity contribution in [3.8, 4) is 40.2 Å². The largest absolute Gasteiger partial charge is 0.448 e. The number of fused-ring (bicyclic) bond motifs is 3. The average molecular weight is 1830 g/mol. The second-order valence-corrected chi connectivity index (χ2v) is 32.3. The first-order valence-electron chi connectivity index (χ1n) is 37.0. The van der Waals surface area contributed by atoms with Crippen LogP contribution >= 0.6 is 69.6 Å². The monoisotopic (exact) mass is 1830 g/mol. The number of H-pyrrole nitrogens is 3. The molecule has 3 unspecified atom stereocenters. The van der Waals surface area contributed by atoms with E-state index in [-0.39, 0.29) is 147 Å². The standard InChI is InChI=1S/2C24H26Cl2F3N3O4.C23H18ClF8NO4.C7H9ClN2O/c2*1-12-8-17(25)16(22(34)31-12)10-30-21(33)15-9-18(26)20-19(13(15)2)35-23(3,36-20)14-4-6-32(7-5-14)11-24(27,28)29;1-9-11(21(34)35-20-16(28)14(26)13(25)15(27)17(20)29)7-12(24)19-18(9)36-22(2,37-19)10-3-5-33(6-4-10)8-23(30,31)32;1-4-2-6(8)5(3-9)7(11)10-4/h2*8-9,14H,4-7,10-11H2,1-3H3,(H,30,33)(H,31,34);7,10H,3-6,8H2,1-2H3;2H,3,9H2,1H3,(H,10,11). The lowest BCUT2D eigenvalue weighted by atomic mass is 9.89. The van der Waals surface area contributed by atoms with E-state index in [1.807, 2.05) is 0 Å². The minimum atomic E-state index is -4.33. The van der Waals surface area contributed by atoms with Crippen molar-refractivity contribution in [2.45, 2.75) is 156 Å². The molecule has 4 aromatic carbocycles. The zero-order valence-electron chi connectivity index (χ0n) is 65.2.